The van der Waals surface area contributed by atoms with E-state index in [-0.39, 0.29) is 36.8 Å². The molecular formula is C15H20N2O5. The smallest absolute Gasteiger partial charge is 0.416 e. The Kier molecular flexibility index (Phi) is 2.82. The topological polar surface area (TPSA) is 76.2 Å². The Morgan fingerprint density at radius 2 is 2.09 bits per heavy atom. The van der Waals surface area contributed by atoms with Crippen molar-refractivity contribution in [2.75, 3.05) is 19.7 Å². The number of imide groups is 1. The average Bonchev–Trinajstić information content (AvgIpc) is 3.18. The number of rotatable bonds is 2. The third-order valence-electron chi connectivity index (χ3n) is 5.50. The maximum atomic E-state index is 13.0. The van der Waals surface area contributed by atoms with E-state index in [4.69, 9.17) is 9.47 Å². The van der Waals surface area contributed by atoms with Gasteiger partial charge in [-0.05, 0) is 18.8 Å². The van der Waals surface area contributed by atoms with Crippen molar-refractivity contribution in [2.45, 2.75) is 38.5 Å². The highest BCUT2D eigenvalue weighted by Crippen LogP contribution is 2.57. The molecule has 4 rings (SSSR count). The van der Waals surface area contributed by atoms with Gasteiger partial charge in [0.1, 0.15) is 12.7 Å². The number of amides is 3. The minimum atomic E-state index is -0.837. The summed E-state index contributed by atoms with van der Waals surface area (Å²) in [5.41, 5.74) is -0.837. The molecule has 4 aliphatic heterocycles. The van der Waals surface area contributed by atoms with Crippen LogP contribution in [-0.2, 0) is 19.1 Å². The van der Waals surface area contributed by atoms with Crippen LogP contribution >= 0.6 is 0 Å². The summed E-state index contributed by atoms with van der Waals surface area (Å²) < 4.78 is 11.0. The molecule has 0 aromatic rings. The number of piperidine rings is 1. The number of hydrogen-bond acceptors (Lipinski definition) is 5. The van der Waals surface area contributed by atoms with Crippen molar-refractivity contribution in [3.05, 3.63) is 0 Å². The van der Waals surface area contributed by atoms with Gasteiger partial charge in [-0.1, -0.05) is 13.8 Å². The van der Waals surface area contributed by atoms with Crippen LogP contribution < -0.4 is 0 Å². The summed E-state index contributed by atoms with van der Waals surface area (Å²) in [4.78, 5) is 40.2. The number of nitrogens with zero attached hydrogens (tertiary/aromatic N) is 2. The Hall–Kier alpha value is -1.63. The van der Waals surface area contributed by atoms with E-state index in [1.165, 1.54) is 4.90 Å². The molecule has 0 N–H and O–H groups in total. The first-order valence-corrected chi connectivity index (χ1v) is 7.95. The summed E-state index contributed by atoms with van der Waals surface area (Å²) in [7, 11) is 0. The highest BCUT2D eigenvalue weighted by Gasteiger charge is 2.72. The molecule has 3 amide bonds. The quantitative estimate of drug-likeness (QED) is 0.746. The first kappa shape index (κ1) is 14.0. The Morgan fingerprint density at radius 1 is 1.32 bits per heavy atom. The normalized spacial score (nSPS) is 39.9. The first-order chi connectivity index (χ1) is 10.5. The van der Waals surface area contributed by atoms with Crippen LogP contribution in [0.4, 0.5) is 4.79 Å². The van der Waals surface area contributed by atoms with Gasteiger partial charge in [0, 0.05) is 12.5 Å². The van der Waals surface area contributed by atoms with Crippen LogP contribution in [0.15, 0.2) is 0 Å². The Morgan fingerprint density at radius 3 is 2.73 bits per heavy atom. The second-order valence-electron chi connectivity index (χ2n) is 6.88. The van der Waals surface area contributed by atoms with Gasteiger partial charge in [-0.15, -0.1) is 0 Å². The number of hydrogen-bond donors (Lipinski definition) is 0. The second-order valence-corrected chi connectivity index (χ2v) is 6.88. The summed E-state index contributed by atoms with van der Waals surface area (Å²) in [6.07, 6.45) is 0.366. The van der Waals surface area contributed by atoms with Gasteiger partial charge in [0.2, 0.25) is 5.91 Å². The van der Waals surface area contributed by atoms with Crippen molar-refractivity contribution >= 4 is 17.9 Å². The van der Waals surface area contributed by atoms with Crippen LogP contribution in [0, 0.1) is 17.8 Å². The largest absolute Gasteiger partial charge is 0.447 e. The second kappa shape index (κ2) is 4.44. The van der Waals surface area contributed by atoms with E-state index in [2.05, 4.69) is 0 Å². The summed E-state index contributed by atoms with van der Waals surface area (Å²) in [6, 6.07) is 0. The number of cyclic esters (lactones) is 1. The zero-order chi connectivity index (χ0) is 15.6. The number of fused-ring (bicyclic) bond motifs is 1. The number of carbonyl (C=O) groups excluding carboxylic acids is 3. The van der Waals surface area contributed by atoms with Crippen LogP contribution in [0.5, 0.6) is 0 Å². The average molecular weight is 308 g/mol. The molecule has 4 heterocycles. The van der Waals surface area contributed by atoms with Gasteiger partial charge in [-0.2, -0.15) is 0 Å². The molecule has 0 aromatic carbocycles. The lowest BCUT2D eigenvalue weighted by Crippen LogP contribution is -2.59. The van der Waals surface area contributed by atoms with Crippen molar-refractivity contribution in [1.29, 1.82) is 0 Å². The summed E-state index contributed by atoms with van der Waals surface area (Å²) in [5, 5.41) is 0. The van der Waals surface area contributed by atoms with Crippen LogP contribution in [-0.4, -0.2) is 59.2 Å². The van der Waals surface area contributed by atoms with Crippen molar-refractivity contribution < 1.29 is 23.9 Å². The third-order valence-corrected chi connectivity index (χ3v) is 5.50. The monoisotopic (exact) mass is 308 g/mol. The number of ether oxygens (including phenoxy) is 2. The summed E-state index contributed by atoms with van der Waals surface area (Å²) in [6.45, 7) is 5.16. The molecule has 0 aliphatic carbocycles. The molecule has 0 aromatic heterocycles. The molecule has 4 atom stereocenters. The highest BCUT2D eigenvalue weighted by molar-refractivity contribution is 5.98. The van der Waals surface area contributed by atoms with Crippen LogP contribution in [0.3, 0.4) is 0 Å². The lowest BCUT2D eigenvalue weighted by Gasteiger charge is -2.40. The number of carbonyl (C=O) groups is 3. The van der Waals surface area contributed by atoms with Crippen LogP contribution in [0.2, 0.25) is 0 Å². The molecule has 2 bridgehead atoms. The SMILES string of the molecule is CC(C)[C@@H]1[C@@H](C(=O)N2CCOC2=O)[C@@]23CCCN2C(=O)[C@@H]1O3. The van der Waals surface area contributed by atoms with Gasteiger partial charge in [-0.25, -0.2) is 9.69 Å². The molecule has 7 heteroatoms. The Balaban J connectivity index is 1.74. The molecular weight excluding hydrogens is 288 g/mol. The lowest BCUT2D eigenvalue weighted by atomic mass is 9.73. The molecule has 0 saturated carbocycles. The zero-order valence-corrected chi connectivity index (χ0v) is 12.8. The van der Waals surface area contributed by atoms with E-state index in [1.807, 2.05) is 13.8 Å². The minimum absolute atomic E-state index is 0.00393. The maximum Gasteiger partial charge on any atom is 0.416 e. The van der Waals surface area contributed by atoms with E-state index < -0.39 is 23.8 Å². The van der Waals surface area contributed by atoms with Gasteiger partial charge in [0.05, 0.1) is 12.5 Å². The lowest BCUT2D eigenvalue weighted by molar-refractivity contribution is -0.152. The highest BCUT2D eigenvalue weighted by atomic mass is 16.6. The molecule has 4 saturated heterocycles. The van der Waals surface area contributed by atoms with Gasteiger partial charge in [0.15, 0.2) is 5.72 Å². The standard InChI is InChI=1S/C15H20N2O5/c1-8(2)9-10(12(18)16-6-7-21-14(16)20)15-4-3-5-17(15)13(19)11(9)22-15/h8-11H,3-7H2,1-2H3/t9-,10+,11-,15+/m1/s1. The van der Waals surface area contributed by atoms with E-state index in [0.717, 1.165) is 6.42 Å². The van der Waals surface area contributed by atoms with Crippen LogP contribution in [0.1, 0.15) is 26.7 Å². The van der Waals surface area contributed by atoms with Crippen molar-refractivity contribution in [3.8, 4) is 0 Å². The Bertz CT molecular complexity index is 562. The minimum Gasteiger partial charge on any atom is -0.447 e. The van der Waals surface area contributed by atoms with Crippen molar-refractivity contribution in [1.82, 2.24) is 9.80 Å². The van der Waals surface area contributed by atoms with Crippen LogP contribution in [0.25, 0.3) is 0 Å². The van der Waals surface area contributed by atoms with E-state index in [1.54, 1.807) is 4.90 Å². The van der Waals surface area contributed by atoms with Crippen molar-refractivity contribution in [2.24, 2.45) is 17.8 Å². The molecule has 0 radical (unpaired) electrons. The van der Waals surface area contributed by atoms with Gasteiger partial charge in [-0.3, -0.25) is 9.59 Å². The van der Waals surface area contributed by atoms with E-state index in [9.17, 15) is 14.4 Å². The first-order valence-electron chi connectivity index (χ1n) is 7.95. The summed E-state index contributed by atoms with van der Waals surface area (Å²) in [5.74, 6) is -0.762. The molecule has 0 unspecified atom stereocenters. The molecule has 1 spiro atoms. The fraction of sp³-hybridized carbons (Fsp3) is 0.800. The fourth-order valence-corrected chi connectivity index (χ4v) is 4.63. The predicted octanol–water partition coefficient (Wildman–Crippen LogP) is 0.585. The maximum absolute atomic E-state index is 13.0. The van der Waals surface area contributed by atoms with Crippen molar-refractivity contribution in [3.63, 3.8) is 0 Å². The summed E-state index contributed by atoms with van der Waals surface area (Å²) >= 11 is 0. The molecule has 22 heavy (non-hydrogen) atoms. The van der Waals surface area contributed by atoms with Gasteiger partial charge < -0.3 is 14.4 Å². The molecule has 4 fully saturated rings. The third kappa shape index (κ3) is 1.52. The fourth-order valence-electron chi connectivity index (χ4n) is 4.63. The zero-order valence-electron chi connectivity index (χ0n) is 12.8. The van der Waals surface area contributed by atoms with Gasteiger partial charge in [0.25, 0.3) is 5.91 Å². The molecule has 7 nitrogen and oxygen atoms in total. The predicted molar refractivity (Wildman–Crippen MR) is 73.4 cm³/mol. The van der Waals surface area contributed by atoms with Gasteiger partial charge >= 0.3 is 6.09 Å². The Labute approximate surface area is 128 Å². The molecule has 120 valence electrons. The van der Waals surface area contributed by atoms with E-state index in [0.29, 0.717) is 13.0 Å². The van der Waals surface area contributed by atoms with E-state index >= 15 is 0 Å². The molecule has 4 aliphatic rings.